The van der Waals surface area contributed by atoms with E-state index in [9.17, 15) is 9.59 Å². The number of urea groups is 1. The van der Waals surface area contributed by atoms with Crippen LogP contribution in [-0.4, -0.2) is 18.0 Å². The van der Waals surface area contributed by atoms with Crippen molar-refractivity contribution in [2.24, 2.45) is 11.5 Å². The summed E-state index contributed by atoms with van der Waals surface area (Å²) in [4.78, 5) is 20.2. The van der Waals surface area contributed by atoms with Crippen molar-refractivity contribution in [3.05, 3.63) is 0 Å². The number of carbonyl (C=O) groups excluding carboxylic acids is 2. The van der Waals surface area contributed by atoms with E-state index in [0.29, 0.717) is 0 Å². The van der Waals surface area contributed by atoms with E-state index in [1.807, 2.05) is 0 Å². The first-order chi connectivity index (χ1) is 4.04. The van der Waals surface area contributed by atoms with Crippen molar-refractivity contribution < 1.29 is 9.59 Å². The third-order valence-electron chi connectivity index (χ3n) is 0.786. The van der Waals surface area contributed by atoms with Crippen molar-refractivity contribution in [3.8, 4) is 0 Å². The van der Waals surface area contributed by atoms with Gasteiger partial charge in [0.05, 0.1) is 0 Å². The van der Waals surface area contributed by atoms with Crippen LogP contribution in [0.25, 0.3) is 0 Å². The smallest absolute Gasteiger partial charge is 0.312 e. The minimum atomic E-state index is -0.749. The normalized spacial score (nSPS) is 12.1. The first-order valence-electron chi connectivity index (χ1n) is 2.39. The first-order valence-corrected chi connectivity index (χ1v) is 2.39. The second-order valence-corrected chi connectivity index (χ2v) is 1.63. The van der Waals surface area contributed by atoms with E-state index >= 15 is 0 Å². The molecular weight excluding hydrogens is 122 g/mol. The SMILES string of the molecule is C[C@H](NC(N)=O)C(N)=O. The third-order valence-corrected chi connectivity index (χ3v) is 0.786. The Labute approximate surface area is 52.4 Å². The molecule has 0 bridgehead atoms. The van der Waals surface area contributed by atoms with E-state index in [1.165, 1.54) is 6.92 Å². The van der Waals surface area contributed by atoms with Crippen LogP contribution in [0.1, 0.15) is 6.92 Å². The van der Waals surface area contributed by atoms with Gasteiger partial charge in [-0.05, 0) is 6.92 Å². The fourth-order valence-corrected chi connectivity index (χ4v) is 0.285. The van der Waals surface area contributed by atoms with Gasteiger partial charge in [-0.25, -0.2) is 4.79 Å². The van der Waals surface area contributed by atoms with E-state index in [2.05, 4.69) is 11.1 Å². The Balaban J connectivity index is 3.63. The lowest BCUT2D eigenvalue weighted by molar-refractivity contribution is -0.119. The molecule has 0 radical (unpaired) electrons. The molecule has 52 valence electrons. The summed E-state index contributed by atoms with van der Waals surface area (Å²) in [5, 5.41) is 2.11. The molecule has 0 aliphatic rings. The summed E-state index contributed by atoms with van der Waals surface area (Å²) in [6, 6.07) is -1.44. The highest BCUT2D eigenvalue weighted by Crippen LogP contribution is 1.75. The number of nitrogens with one attached hydrogen (secondary N) is 1. The molecule has 0 saturated carbocycles. The van der Waals surface area contributed by atoms with Crippen molar-refractivity contribution in [2.75, 3.05) is 0 Å². The number of primary amides is 2. The summed E-state index contributed by atoms with van der Waals surface area (Å²) in [5.74, 6) is -0.603. The summed E-state index contributed by atoms with van der Waals surface area (Å²) in [7, 11) is 0. The molecule has 0 aromatic heterocycles. The van der Waals surface area contributed by atoms with Crippen LogP contribution in [0.5, 0.6) is 0 Å². The van der Waals surface area contributed by atoms with Gasteiger partial charge in [0.2, 0.25) is 5.91 Å². The maximum absolute atomic E-state index is 10.2. The molecule has 0 spiro atoms. The average molecular weight is 131 g/mol. The molecule has 5 heteroatoms. The number of nitrogens with two attached hydrogens (primary N) is 2. The fourth-order valence-electron chi connectivity index (χ4n) is 0.285. The third kappa shape index (κ3) is 3.33. The van der Waals surface area contributed by atoms with Crippen LogP contribution in [0.15, 0.2) is 0 Å². The maximum Gasteiger partial charge on any atom is 0.312 e. The number of hydrogen-bond acceptors (Lipinski definition) is 2. The molecule has 0 aromatic rings. The molecule has 5 nitrogen and oxygen atoms in total. The highest BCUT2D eigenvalue weighted by Gasteiger charge is 2.07. The molecule has 0 aliphatic heterocycles. The standard InChI is InChI=1S/C4H9N3O2/c1-2(3(5)8)7-4(6)9/h2H,1H3,(H2,5,8)(H3,6,7,9)/t2-/m0/s1. The second-order valence-electron chi connectivity index (χ2n) is 1.63. The number of rotatable bonds is 2. The Kier molecular flexibility index (Phi) is 2.50. The summed E-state index contributed by atoms with van der Waals surface area (Å²) in [6.45, 7) is 1.45. The van der Waals surface area contributed by atoms with Crippen LogP contribution in [0, 0.1) is 0 Å². The van der Waals surface area contributed by atoms with Crippen molar-refractivity contribution in [1.82, 2.24) is 5.32 Å². The summed E-state index contributed by atoms with van der Waals surface area (Å²) in [5.41, 5.74) is 9.45. The van der Waals surface area contributed by atoms with Crippen LogP contribution in [0.2, 0.25) is 0 Å². The quantitative estimate of drug-likeness (QED) is 0.426. The van der Waals surface area contributed by atoms with E-state index in [-0.39, 0.29) is 0 Å². The molecular formula is C4H9N3O2. The van der Waals surface area contributed by atoms with Crippen LogP contribution in [-0.2, 0) is 4.79 Å². The van der Waals surface area contributed by atoms with Gasteiger partial charge in [-0.3, -0.25) is 4.79 Å². The lowest BCUT2D eigenvalue weighted by Crippen LogP contribution is -2.44. The fraction of sp³-hybridized carbons (Fsp3) is 0.500. The van der Waals surface area contributed by atoms with Crippen molar-refractivity contribution >= 4 is 11.9 Å². The summed E-state index contributed by atoms with van der Waals surface area (Å²) in [6.07, 6.45) is 0. The molecule has 0 unspecified atom stereocenters. The van der Waals surface area contributed by atoms with Gasteiger partial charge in [-0.15, -0.1) is 0 Å². The van der Waals surface area contributed by atoms with Crippen LogP contribution in [0.3, 0.4) is 0 Å². The zero-order valence-electron chi connectivity index (χ0n) is 5.05. The molecule has 3 amide bonds. The average Bonchev–Trinajstić information content (AvgIpc) is 1.63. The summed E-state index contributed by atoms with van der Waals surface area (Å²) >= 11 is 0. The highest BCUT2D eigenvalue weighted by atomic mass is 16.2. The molecule has 5 N–H and O–H groups in total. The predicted octanol–water partition coefficient (Wildman–Crippen LogP) is -1.47. The Hall–Kier alpha value is -1.26. The van der Waals surface area contributed by atoms with E-state index in [4.69, 9.17) is 5.73 Å². The Bertz CT molecular complexity index is 134. The van der Waals surface area contributed by atoms with E-state index in [0.717, 1.165) is 0 Å². The van der Waals surface area contributed by atoms with Crippen LogP contribution < -0.4 is 16.8 Å². The van der Waals surface area contributed by atoms with Gasteiger partial charge in [0, 0.05) is 0 Å². The van der Waals surface area contributed by atoms with E-state index < -0.39 is 18.0 Å². The Morgan fingerprint density at radius 3 is 2.00 bits per heavy atom. The van der Waals surface area contributed by atoms with Crippen LogP contribution >= 0.6 is 0 Å². The van der Waals surface area contributed by atoms with Gasteiger partial charge < -0.3 is 16.8 Å². The van der Waals surface area contributed by atoms with Crippen molar-refractivity contribution in [2.45, 2.75) is 13.0 Å². The minimum absolute atomic E-state index is 0.603. The largest absolute Gasteiger partial charge is 0.368 e. The number of amides is 3. The zero-order valence-corrected chi connectivity index (χ0v) is 5.05. The Morgan fingerprint density at radius 1 is 1.44 bits per heavy atom. The molecule has 0 fully saturated rings. The van der Waals surface area contributed by atoms with Crippen LogP contribution in [0.4, 0.5) is 4.79 Å². The minimum Gasteiger partial charge on any atom is -0.368 e. The van der Waals surface area contributed by atoms with Crippen molar-refractivity contribution in [1.29, 1.82) is 0 Å². The van der Waals surface area contributed by atoms with Gasteiger partial charge in [-0.1, -0.05) is 0 Å². The molecule has 0 rings (SSSR count). The summed E-state index contributed by atoms with van der Waals surface area (Å²) < 4.78 is 0. The van der Waals surface area contributed by atoms with Gasteiger partial charge >= 0.3 is 6.03 Å². The lowest BCUT2D eigenvalue weighted by atomic mass is 10.3. The maximum atomic E-state index is 10.2. The predicted molar refractivity (Wildman–Crippen MR) is 31.4 cm³/mol. The number of hydrogen-bond donors (Lipinski definition) is 3. The molecule has 0 aliphatic carbocycles. The highest BCUT2D eigenvalue weighted by molar-refractivity contribution is 5.84. The molecule has 1 atom stereocenters. The van der Waals surface area contributed by atoms with Gasteiger partial charge in [0.25, 0.3) is 0 Å². The zero-order chi connectivity index (χ0) is 7.44. The first kappa shape index (κ1) is 7.74. The lowest BCUT2D eigenvalue weighted by Gasteiger charge is -2.05. The molecule has 9 heavy (non-hydrogen) atoms. The topological polar surface area (TPSA) is 98.2 Å². The Morgan fingerprint density at radius 2 is 1.89 bits per heavy atom. The molecule has 0 saturated heterocycles. The van der Waals surface area contributed by atoms with Gasteiger partial charge in [0.1, 0.15) is 6.04 Å². The van der Waals surface area contributed by atoms with Gasteiger partial charge in [-0.2, -0.15) is 0 Å². The molecule has 0 aromatic carbocycles. The van der Waals surface area contributed by atoms with Crippen molar-refractivity contribution in [3.63, 3.8) is 0 Å². The van der Waals surface area contributed by atoms with Gasteiger partial charge in [0.15, 0.2) is 0 Å². The second kappa shape index (κ2) is 2.91. The monoisotopic (exact) mass is 131 g/mol. The molecule has 0 heterocycles. The van der Waals surface area contributed by atoms with E-state index in [1.54, 1.807) is 0 Å². The number of carbonyl (C=O) groups is 2.